The van der Waals surface area contributed by atoms with Crippen LogP contribution in [0.5, 0.6) is 0 Å². The van der Waals surface area contributed by atoms with Crippen LogP contribution in [0.3, 0.4) is 0 Å². The van der Waals surface area contributed by atoms with Crippen LogP contribution in [0.25, 0.3) is 0 Å². The lowest BCUT2D eigenvalue weighted by molar-refractivity contribution is 0.0702. The first-order valence-corrected chi connectivity index (χ1v) is 5.43. The number of aromatic carboxylic acids is 1. The number of aromatic nitrogens is 1. The highest BCUT2D eigenvalue weighted by molar-refractivity contribution is 7.14. The molecule has 84 valence electrons. The molecule has 0 spiro atoms. The maximum atomic E-state index is 12.8. The summed E-state index contributed by atoms with van der Waals surface area (Å²) >= 11 is 0.986. The lowest BCUT2D eigenvalue weighted by atomic mass is 10.2. The van der Waals surface area contributed by atoms with Gasteiger partial charge in [0.1, 0.15) is 10.7 Å². The number of carboxylic acid groups (broad SMARTS) is 1. The molecular formula is C12H6FNO2S. The monoisotopic (exact) mass is 247 g/mol. The number of nitrogens with zero attached hydrogens (tertiary/aromatic N) is 1. The Hall–Kier alpha value is -2.19. The molecular weight excluding hydrogens is 241 g/mol. The molecule has 1 aromatic carbocycles. The largest absolute Gasteiger partial charge is 0.477 e. The van der Waals surface area contributed by atoms with Crippen LogP contribution in [-0.4, -0.2) is 16.1 Å². The quantitative estimate of drug-likeness (QED) is 0.787. The smallest absolute Gasteiger partial charge is 0.347 e. The molecule has 0 unspecified atom stereocenters. The molecule has 1 heterocycles. The Kier molecular flexibility index (Phi) is 3.17. The molecule has 0 fully saturated rings. The summed E-state index contributed by atoms with van der Waals surface area (Å²) in [6.45, 7) is 0. The van der Waals surface area contributed by atoms with Crippen molar-refractivity contribution in [3.63, 3.8) is 0 Å². The predicted molar refractivity (Wildman–Crippen MR) is 61.5 cm³/mol. The number of carbonyl (C=O) groups is 1. The molecule has 0 amide bonds. The third-order valence-electron chi connectivity index (χ3n) is 1.85. The molecule has 5 heteroatoms. The van der Waals surface area contributed by atoms with Crippen molar-refractivity contribution in [3.05, 3.63) is 51.7 Å². The molecule has 0 aliphatic carbocycles. The van der Waals surface area contributed by atoms with Gasteiger partial charge < -0.3 is 5.11 Å². The lowest BCUT2D eigenvalue weighted by Crippen LogP contribution is -1.89. The van der Waals surface area contributed by atoms with Gasteiger partial charge in [0.25, 0.3) is 0 Å². The average molecular weight is 247 g/mol. The average Bonchev–Trinajstić information content (AvgIpc) is 2.75. The van der Waals surface area contributed by atoms with E-state index in [1.54, 1.807) is 12.1 Å². The first-order valence-electron chi connectivity index (χ1n) is 4.62. The Bertz CT molecular complexity index is 625. The molecule has 3 nitrogen and oxygen atoms in total. The summed E-state index contributed by atoms with van der Waals surface area (Å²) in [6, 6.07) is 5.86. The summed E-state index contributed by atoms with van der Waals surface area (Å²) < 4.78 is 12.8. The molecule has 2 aromatic rings. The minimum atomic E-state index is -1.03. The van der Waals surface area contributed by atoms with Crippen molar-refractivity contribution in [2.24, 2.45) is 0 Å². The molecule has 0 bridgehead atoms. The van der Waals surface area contributed by atoms with Gasteiger partial charge in [-0.25, -0.2) is 14.2 Å². The summed E-state index contributed by atoms with van der Waals surface area (Å²) in [5.74, 6) is 4.02. The molecule has 2 rings (SSSR count). The van der Waals surface area contributed by atoms with E-state index in [4.69, 9.17) is 5.11 Å². The van der Waals surface area contributed by atoms with Crippen molar-refractivity contribution in [1.29, 1.82) is 0 Å². The van der Waals surface area contributed by atoms with E-state index in [1.165, 1.54) is 18.3 Å². The Balaban J connectivity index is 2.23. The second-order valence-corrected chi connectivity index (χ2v) is 4.13. The van der Waals surface area contributed by atoms with E-state index in [1.807, 2.05) is 0 Å². The molecule has 0 aliphatic heterocycles. The number of benzene rings is 1. The number of halogens is 1. The van der Waals surface area contributed by atoms with E-state index in [-0.39, 0.29) is 10.7 Å². The van der Waals surface area contributed by atoms with Gasteiger partial charge in [-0.05, 0) is 24.1 Å². The zero-order valence-corrected chi connectivity index (χ0v) is 9.29. The zero-order chi connectivity index (χ0) is 12.3. The SMILES string of the molecule is O=C(O)c1cnc(C#Cc2cccc(F)c2)s1. The van der Waals surface area contributed by atoms with Gasteiger partial charge in [-0.2, -0.15) is 0 Å². The lowest BCUT2D eigenvalue weighted by Gasteiger charge is -1.88. The fourth-order valence-electron chi connectivity index (χ4n) is 1.12. The standard InChI is InChI=1S/C12H6FNO2S/c13-9-3-1-2-8(6-9)4-5-11-14-7-10(17-11)12(15)16/h1-3,6-7H,(H,15,16). The van der Waals surface area contributed by atoms with Gasteiger partial charge in [0.05, 0.1) is 6.20 Å². The Morgan fingerprint density at radius 3 is 2.88 bits per heavy atom. The van der Waals surface area contributed by atoms with E-state index in [9.17, 15) is 9.18 Å². The van der Waals surface area contributed by atoms with Crippen LogP contribution in [0.4, 0.5) is 4.39 Å². The Morgan fingerprint density at radius 2 is 2.24 bits per heavy atom. The summed E-state index contributed by atoms with van der Waals surface area (Å²) in [4.78, 5) is 14.6. The molecule has 0 radical (unpaired) electrons. The molecule has 0 aliphatic rings. The van der Waals surface area contributed by atoms with Crippen molar-refractivity contribution in [2.45, 2.75) is 0 Å². The molecule has 17 heavy (non-hydrogen) atoms. The zero-order valence-electron chi connectivity index (χ0n) is 8.48. The third-order valence-corrected chi connectivity index (χ3v) is 2.76. The van der Waals surface area contributed by atoms with Crippen molar-refractivity contribution >= 4 is 17.3 Å². The minimum absolute atomic E-state index is 0.133. The Labute approximate surface area is 101 Å². The number of hydrogen-bond acceptors (Lipinski definition) is 3. The predicted octanol–water partition coefficient (Wildman–Crippen LogP) is 2.38. The van der Waals surface area contributed by atoms with Gasteiger partial charge in [0.2, 0.25) is 0 Å². The first-order chi connectivity index (χ1) is 8.15. The second-order valence-electron chi connectivity index (χ2n) is 3.10. The van der Waals surface area contributed by atoms with Gasteiger partial charge in [-0.15, -0.1) is 0 Å². The second kappa shape index (κ2) is 4.76. The minimum Gasteiger partial charge on any atom is -0.477 e. The summed E-state index contributed by atoms with van der Waals surface area (Å²) in [7, 11) is 0. The van der Waals surface area contributed by atoms with Gasteiger partial charge in [-0.1, -0.05) is 23.3 Å². The summed E-state index contributed by atoms with van der Waals surface area (Å²) in [6.07, 6.45) is 1.25. The molecule has 1 aromatic heterocycles. The summed E-state index contributed by atoms with van der Waals surface area (Å²) in [5, 5.41) is 9.09. The number of thiazole rings is 1. The van der Waals surface area contributed by atoms with Crippen LogP contribution in [-0.2, 0) is 0 Å². The highest BCUT2D eigenvalue weighted by atomic mass is 32.1. The highest BCUT2D eigenvalue weighted by Crippen LogP contribution is 2.11. The van der Waals surface area contributed by atoms with E-state index < -0.39 is 5.97 Å². The molecule has 0 saturated heterocycles. The maximum absolute atomic E-state index is 12.8. The third kappa shape index (κ3) is 2.89. The van der Waals surface area contributed by atoms with Crippen LogP contribution in [0.2, 0.25) is 0 Å². The van der Waals surface area contributed by atoms with Crippen LogP contribution in [0.1, 0.15) is 20.2 Å². The highest BCUT2D eigenvalue weighted by Gasteiger charge is 2.06. The van der Waals surface area contributed by atoms with E-state index in [0.29, 0.717) is 10.6 Å². The number of carboxylic acids is 1. The first kappa shape index (κ1) is 11.3. The van der Waals surface area contributed by atoms with Crippen LogP contribution >= 0.6 is 11.3 Å². The van der Waals surface area contributed by atoms with Crippen LogP contribution in [0.15, 0.2) is 30.5 Å². The van der Waals surface area contributed by atoms with Crippen molar-refractivity contribution in [1.82, 2.24) is 4.98 Å². The van der Waals surface area contributed by atoms with Crippen molar-refractivity contribution in [2.75, 3.05) is 0 Å². The fraction of sp³-hybridized carbons (Fsp3) is 0. The van der Waals surface area contributed by atoms with Gasteiger partial charge in [-0.3, -0.25) is 0 Å². The maximum Gasteiger partial charge on any atom is 0.347 e. The van der Waals surface area contributed by atoms with Gasteiger partial charge >= 0.3 is 5.97 Å². The molecule has 1 N–H and O–H groups in total. The van der Waals surface area contributed by atoms with Crippen molar-refractivity contribution < 1.29 is 14.3 Å². The van der Waals surface area contributed by atoms with Crippen LogP contribution in [0, 0.1) is 17.7 Å². The van der Waals surface area contributed by atoms with Crippen molar-refractivity contribution in [3.8, 4) is 11.8 Å². The van der Waals surface area contributed by atoms with E-state index in [0.717, 1.165) is 11.3 Å². The van der Waals surface area contributed by atoms with Gasteiger partial charge in [0, 0.05) is 5.56 Å². The number of rotatable bonds is 1. The molecule has 0 saturated carbocycles. The topological polar surface area (TPSA) is 50.2 Å². The number of hydrogen-bond donors (Lipinski definition) is 1. The fourth-order valence-corrected chi connectivity index (χ4v) is 1.73. The molecule has 0 atom stereocenters. The van der Waals surface area contributed by atoms with E-state index in [2.05, 4.69) is 16.8 Å². The summed E-state index contributed by atoms with van der Waals surface area (Å²) in [5.41, 5.74) is 0.525. The van der Waals surface area contributed by atoms with E-state index >= 15 is 0 Å². The van der Waals surface area contributed by atoms with Crippen LogP contribution < -0.4 is 0 Å². The Morgan fingerprint density at radius 1 is 1.41 bits per heavy atom. The van der Waals surface area contributed by atoms with Gasteiger partial charge in [0.15, 0.2) is 5.01 Å². The normalized spacial score (nSPS) is 9.47.